The molecule has 0 spiro atoms. The second-order valence-electron chi connectivity index (χ2n) is 4.96. The molecule has 0 aromatic heterocycles. The number of aliphatic hydroxyl groups is 1. The summed E-state index contributed by atoms with van der Waals surface area (Å²) in [4.78, 5) is 24.2. The van der Waals surface area contributed by atoms with E-state index in [4.69, 9.17) is 9.84 Å². The summed E-state index contributed by atoms with van der Waals surface area (Å²) < 4.78 is 9.72. The fourth-order valence-corrected chi connectivity index (χ4v) is 2.40. The lowest BCUT2D eigenvalue weighted by atomic mass is 10.0. The molecule has 6 heteroatoms. The largest absolute Gasteiger partial charge is 0.497 e. The van der Waals surface area contributed by atoms with Crippen LogP contribution >= 0.6 is 0 Å². The van der Waals surface area contributed by atoms with Gasteiger partial charge in [0.15, 0.2) is 6.79 Å². The molecular formula is C17H19NO5. The van der Waals surface area contributed by atoms with Gasteiger partial charge in [-0.05, 0) is 34.9 Å². The lowest BCUT2D eigenvalue weighted by Crippen LogP contribution is -2.37. The van der Waals surface area contributed by atoms with Crippen molar-refractivity contribution in [2.24, 2.45) is 0 Å². The summed E-state index contributed by atoms with van der Waals surface area (Å²) in [5, 5.41) is 10.7. The quantitative estimate of drug-likeness (QED) is 0.857. The Morgan fingerprint density at radius 1 is 1.22 bits per heavy atom. The third-order valence-electron chi connectivity index (χ3n) is 3.57. The summed E-state index contributed by atoms with van der Waals surface area (Å²) in [6, 6.07) is 11.6. The fourth-order valence-electron chi connectivity index (χ4n) is 2.40. The highest BCUT2D eigenvalue weighted by Gasteiger charge is 2.19. The number of hydrogen-bond acceptors (Lipinski definition) is 5. The molecule has 23 heavy (non-hydrogen) atoms. The van der Waals surface area contributed by atoms with Crippen molar-refractivity contribution >= 4 is 22.8 Å². The molecule has 2 rings (SSSR count). The van der Waals surface area contributed by atoms with E-state index in [1.54, 1.807) is 7.11 Å². The van der Waals surface area contributed by atoms with Crippen molar-refractivity contribution in [3.63, 3.8) is 0 Å². The number of imide groups is 1. The number of aliphatic hydroxyl groups excluding tert-OH is 1. The van der Waals surface area contributed by atoms with Gasteiger partial charge in [0.05, 0.1) is 7.11 Å². The number of carbonyl (C=O) groups excluding carboxylic acids is 2. The number of hydrogen-bond donors (Lipinski definition) is 1. The number of methoxy groups -OCH3 is 1. The van der Waals surface area contributed by atoms with Gasteiger partial charge in [0.2, 0.25) is 5.91 Å². The summed E-state index contributed by atoms with van der Waals surface area (Å²) >= 11 is 0. The van der Waals surface area contributed by atoms with Crippen LogP contribution in [-0.2, 0) is 16.0 Å². The Morgan fingerprint density at radius 2 is 2.00 bits per heavy atom. The van der Waals surface area contributed by atoms with Crippen LogP contribution in [0.3, 0.4) is 0 Å². The van der Waals surface area contributed by atoms with Gasteiger partial charge in [-0.3, -0.25) is 4.79 Å². The molecule has 2 amide bonds. The number of fused-ring (bicyclic) bond motifs is 1. The molecule has 6 nitrogen and oxygen atoms in total. The lowest BCUT2D eigenvalue weighted by molar-refractivity contribution is -0.127. The van der Waals surface area contributed by atoms with Gasteiger partial charge in [0, 0.05) is 13.5 Å². The molecule has 0 heterocycles. The van der Waals surface area contributed by atoms with Crippen LogP contribution in [0.4, 0.5) is 4.79 Å². The van der Waals surface area contributed by atoms with E-state index in [2.05, 4.69) is 4.74 Å². The van der Waals surface area contributed by atoms with Gasteiger partial charge in [-0.15, -0.1) is 0 Å². The molecule has 2 aromatic carbocycles. The van der Waals surface area contributed by atoms with E-state index < -0.39 is 18.8 Å². The third kappa shape index (κ3) is 3.98. The molecule has 0 bridgehead atoms. The first kappa shape index (κ1) is 16.8. The number of nitrogens with zero attached hydrogens (tertiary/aromatic N) is 1. The van der Waals surface area contributed by atoms with E-state index in [0.717, 1.165) is 27.0 Å². The van der Waals surface area contributed by atoms with Crippen LogP contribution in [0.5, 0.6) is 5.75 Å². The maximum absolute atomic E-state index is 11.7. The van der Waals surface area contributed by atoms with Crippen LogP contribution in [0.25, 0.3) is 10.8 Å². The summed E-state index contributed by atoms with van der Waals surface area (Å²) in [6.45, 7) is 0.698. The lowest BCUT2D eigenvalue weighted by Gasteiger charge is -2.18. The van der Waals surface area contributed by atoms with Crippen molar-refractivity contribution in [3.05, 3.63) is 42.0 Å². The van der Waals surface area contributed by atoms with Crippen LogP contribution in [0.15, 0.2) is 36.4 Å². The molecule has 2 aromatic rings. The molecule has 0 fully saturated rings. The van der Waals surface area contributed by atoms with Gasteiger partial charge in [0.25, 0.3) is 0 Å². The molecule has 0 saturated heterocycles. The minimum absolute atomic E-state index is 0.171. The molecule has 0 radical (unpaired) electrons. The first-order valence-electron chi connectivity index (χ1n) is 7.18. The summed E-state index contributed by atoms with van der Waals surface area (Å²) in [5.41, 5.74) is 0.990. The van der Waals surface area contributed by atoms with Crippen LogP contribution in [0.2, 0.25) is 0 Å². The van der Waals surface area contributed by atoms with Crippen molar-refractivity contribution in [1.29, 1.82) is 0 Å². The standard InChI is InChI=1S/C17H19NO5/c1-12(20)18(17(21)23-11-19)9-8-14-5-3-4-13-6-7-15(22-2)10-16(13)14/h3-7,10,19H,8-9,11H2,1-2H3. The van der Waals surface area contributed by atoms with Gasteiger partial charge in [-0.2, -0.15) is 0 Å². The maximum Gasteiger partial charge on any atom is 0.418 e. The van der Waals surface area contributed by atoms with Gasteiger partial charge in [0.1, 0.15) is 5.75 Å². The Labute approximate surface area is 134 Å². The maximum atomic E-state index is 11.7. The average Bonchev–Trinajstić information content (AvgIpc) is 2.54. The summed E-state index contributed by atoms with van der Waals surface area (Å²) in [7, 11) is 1.60. The number of ether oxygens (including phenoxy) is 2. The Morgan fingerprint density at radius 3 is 2.65 bits per heavy atom. The molecular weight excluding hydrogens is 298 g/mol. The molecule has 1 N–H and O–H groups in total. The van der Waals surface area contributed by atoms with E-state index in [9.17, 15) is 9.59 Å². The number of amides is 2. The van der Waals surface area contributed by atoms with E-state index in [1.165, 1.54) is 6.92 Å². The summed E-state index contributed by atoms with van der Waals surface area (Å²) in [6.07, 6.45) is -0.372. The van der Waals surface area contributed by atoms with E-state index in [1.807, 2.05) is 36.4 Å². The number of benzene rings is 2. The first-order chi connectivity index (χ1) is 11.1. The van der Waals surface area contributed by atoms with Crippen LogP contribution in [0, 0.1) is 0 Å². The van der Waals surface area contributed by atoms with E-state index >= 15 is 0 Å². The zero-order chi connectivity index (χ0) is 16.8. The second-order valence-corrected chi connectivity index (χ2v) is 4.96. The highest BCUT2D eigenvalue weighted by Crippen LogP contribution is 2.24. The third-order valence-corrected chi connectivity index (χ3v) is 3.57. The van der Waals surface area contributed by atoms with Gasteiger partial charge < -0.3 is 14.6 Å². The molecule has 0 aliphatic heterocycles. The molecule has 0 aliphatic carbocycles. The zero-order valence-corrected chi connectivity index (χ0v) is 13.1. The first-order valence-corrected chi connectivity index (χ1v) is 7.18. The zero-order valence-electron chi connectivity index (χ0n) is 13.1. The molecule has 0 aliphatic rings. The number of rotatable bonds is 5. The van der Waals surface area contributed by atoms with Crippen molar-refractivity contribution in [3.8, 4) is 5.75 Å². The fraction of sp³-hybridized carbons (Fsp3) is 0.294. The monoisotopic (exact) mass is 317 g/mol. The van der Waals surface area contributed by atoms with Crippen molar-refractivity contribution in [1.82, 2.24) is 4.90 Å². The Bertz CT molecular complexity index is 713. The second kappa shape index (κ2) is 7.60. The van der Waals surface area contributed by atoms with Crippen LogP contribution in [0.1, 0.15) is 12.5 Å². The highest BCUT2D eigenvalue weighted by atomic mass is 16.6. The average molecular weight is 317 g/mol. The van der Waals surface area contributed by atoms with E-state index in [-0.39, 0.29) is 6.54 Å². The predicted molar refractivity (Wildman–Crippen MR) is 85.2 cm³/mol. The molecule has 0 unspecified atom stereocenters. The van der Waals surface area contributed by atoms with Crippen molar-refractivity contribution in [2.45, 2.75) is 13.3 Å². The molecule has 0 saturated carbocycles. The van der Waals surface area contributed by atoms with Crippen molar-refractivity contribution in [2.75, 3.05) is 20.4 Å². The smallest absolute Gasteiger partial charge is 0.418 e. The Kier molecular flexibility index (Phi) is 5.54. The highest BCUT2D eigenvalue weighted by molar-refractivity contribution is 5.91. The minimum Gasteiger partial charge on any atom is -0.497 e. The predicted octanol–water partition coefficient (Wildman–Crippen LogP) is 2.33. The molecule has 122 valence electrons. The van der Waals surface area contributed by atoms with Gasteiger partial charge in [-0.25, -0.2) is 9.69 Å². The SMILES string of the molecule is COc1ccc2cccc(CCN(C(C)=O)C(=O)OCO)c2c1. The van der Waals surface area contributed by atoms with Crippen molar-refractivity contribution < 1.29 is 24.2 Å². The Hall–Kier alpha value is -2.60. The molecule has 0 atom stereocenters. The van der Waals surface area contributed by atoms with Gasteiger partial charge >= 0.3 is 6.09 Å². The Balaban J connectivity index is 2.23. The minimum atomic E-state index is -0.849. The van der Waals surface area contributed by atoms with Crippen LogP contribution in [-0.4, -0.2) is 42.5 Å². The van der Waals surface area contributed by atoms with E-state index in [0.29, 0.717) is 6.42 Å². The topological polar surface area (TPSA) is 76.1 Å². The van der Waals surface area contributed by atoms with Gasteiger partial charge in [-0.1, -0.05) is 24.3 Å². The summed E-state index contributed by atoms with van der Waals surface area (Å²) in [5.74, 6) is 0.314. The van der Waals surface area contributed by atoms with Crippen LogP contribution < -0.4 is 4.74 Å². The number of carbonyl (C=O) groups is 2. The normalized spacial score (nSPS) is 10.4.